The molecule has 25 heavy (non-hydrogen) atoms. The minimum absolute atomic E-state index is 0.0170. The molecule has 0 unspecified atom stereocenters. The molecule has 0 bridgehead atoms. The highest BCUT2D eigenvalue weighted by Crippen LogP contribution is 2.23. The molecule has 3 rings (SSSR count). The zero-order valence-corrected chi connectivity index (χ0v) is 13.7. The summed E-state index contributed by atoms with van der Waals surface area (Å²) in [5, 5.41) is 11.9. The van der Waals surface area contributed by atoms with Crippen LogP contribution in [0, 0.1) is 11.3 Å². The van der Waals surface area contributed by atoms with Gasteiger partial charge < -0.3 is 5.32 Å². The van der Waals surface area contributed by atoms with Crippen molar-refractivity contribution in [3.63, 3.8) is 0 Å². The van der Waals surface area contributed by atoms with Crippen molar-refractivity contribution in [1.29, 1.82) is 5.26 Å². The number of nitrogens with zero attached hydrogens (tertiary/aromatic N) is 2. The molecule has 124 valence electrons. The summed E-state index contributed by atoms with van der Waals surface area (Å²) in [6.45, 7) is -0.0170. The van der Waals surface area contributed by atoms with Gasteiger partial charge >= 0.3 is 0 Å². The van der Waals surface area contributed by atoms with Gasteiger partial charge in [-0.25, -0.2) is 0 Å². The Kier molecular flexibility index (Phi) is 4.50. The van der Waals surface area contributed by atoms with E-state index in [1.807, 2.05) is 6.07 Å². The number of halogens is 1. The van der Waals surface area contributed by atoms with Crippen LogP contribution in [-0.2, 0) is 4.79 Å². The first-order valence-electron chi connectivity index (χ1n) is 7.46. The Morgan fingerprint density at radius 2 is 1.76 bits per heavy atom. The number of carbonyl (C=O) groups is 3. The zero-order valence-electron chi connectivity index (χ0n) is 13.0. The Balaban J connectivity index is 1.63. The molecule has 6 nitrogen and oxygen atoms in total. The van der Waals surface area contributed by atoms with Crippen LogP contribution in [-0.4, -0.2) is 29.2 Å². The summed E-state index contributed by atoms with van der Waals surface area (Å²) in [6, 6.07) is 13.0. The van der Waals surface area contributed by atoms with Crippen molar-refractivity contribution in [2.24, 2.45) is 0 Å². The Hall–Kier alpha value is -3.17. The van der Waals surface area contributed by atoms with Gasteiger partial charge in [-0.15, -0.1) is 0 Å². The molecule has 3 amide bonds. The normalized spacial score (nSPS) is 12.7. The van der Waals surface area contributed by atoms with Crippen molar-refractivity contribution in [2.75, 3.05) is 11.9 Å². The molecule has 0 fully saturated rings. The van der Waals surface area contributed by atoms with Crippen LogP contribution in [0.1, 0.15) is 32.7 Å². The zero-order chi connectivity index (χ0) is 18.0. The van der Waals surface area contributed by atoms with Gasteiger partial charge in [0.2, 0.25) is 5.91 Å². The number of benzene rings is 2. The molecule has 1 aliphatic heterocycles. The minimum atomic E-state index is -0.397. The first kappa shape index (κ1) is 16.7. The molecule has 0 aliphatic carbocycles. The van der Waals surface area contributed by atoms with Gasteiger partial charge in [0.1, 0.15) is 6.07 Å². The first-order chi connectivity index (χ1) is 12.0. The summed E-state index contributed by atoms with van der Waals surface area (Å²) in [5.74, 6) is -1.17. The van der Waals surface area contributed by atoms with Crippen molar-refractivity contribution in [3.8, 4) is 6.07 Å². The fourth-order valence-electron chi connectivity index (χ4n) is 2.57. The molecule has 0 saturated heterocycles. The topological polar surface area (TPSA) is 90.3 Å². The third-order valence-electron chi connectivity index (χ3n) is 3.81. The van der Waals surface area contributed by atoms with E-state index in [4.69, 9.17) is 16.9 Å². The van der Waals surface area contributed by atoms with Crippen LogP contribution in [0.4, 0.5) is 5.69 Å². The molecule has 1 N–H and O–H groups in total. The summed E-state index contributed by atoms with van der Waals surface area (Å²) in [7, 11) is 0. The lowest BCUT2D eigenvalue weighted by Gasteiger charge is -2.13. The average molecular weight is 354 g/mol. The van der Waals surface area contributed by atoms with E-state index in [1.54, 1.807) is 30.3 Å². The average Bonchev–Trinajstić information content (AvgIpc) is 2.86. The highest BCUT2D eigenvalue weighted by atomic mass is 35.5. The molecule has 0 aromatic heterocycles. The van der Waals surface area contributed by atoms with Crippen LogP contribution in [0.25, 0.3) is 0 Å². The summed E-state index contributed by atoms with van der Waals surface area (Å²) in [6.07, 6.45) is -0.0457. The van der Waals surface area contributed by atoms with Gasteiger partial charge in [0.25, 0.3) is 11.8 Å². The minimum Gasteiger partial charge on any atom is -0.326 e. The molecule has 2 aromatic rings. The predicted octanol–water partition coefficient (Wildman–Crippen LogP) is 2.84. The number of amides is 3. The summed E-state index contributed by atoms with van der Waals surface area (Å²) in [5.41, 5.74) is 1.38. The maximum atomic E-state index is 12.2. The van der Waals surface area contributed by atoms with Crippen LogP contribution >= 0.6 is 11.6 Å². The predicted molar refractivity (Wildman–Crippen MR) is 91.2 cm³/mol. The van der Waals surface area contributed by atoms with Gasteiger partial charge in [-0.3, -0.25) is 19.3 Å². The molecular formula is C18H12ClN3O3. The molecule has 1 heterocycles. The third kappa shape index (κ3) is 3.23. The molecule has 0 radical (unpaired) electrons. The second-order valence-corrected chi connectivity index (χ2v) is 5.82. The van der Waals surface area contributed by atoms with Crippen LogP contribution in [0.5, 0.6) is 0 Å². The second kappa shape index (κ2) is 6.75. The van der Waals surface area contributed by atoms with E-state index >= 15 is 0 Å². The molecule has 2 aromatic carbocycles. The maximum Gasteiger partial charge on any atom is 0.261 e. The largest absolute Gasteiger partial charge is 0.326 e. The van der Waals surface area contributed by atoms with E-state index in [0.717, 1.165) is 4.90 Å². The number of nitrogens with one attached hydrogen (secondary N) is 1. The highest BCUT2D eigenvalue weighted by Gasteiger charge is 2.34. The fraction of sp³-hybridized carbons (Fsp3) is 0.111. The van der Waals surface area contributed by atoms with Crippen molar-refractivity contribution in [1.82, 2.24) is 4.90 Å². The quantitative estimate of drug-likeness (QED) is 0.856. The summed E-state index contributed by atoms with van der Waals surface area (Å²) in [4.78, 5) is 37.6. The summed E-state index contributed by atoms with van der Waals surface area (Å²) >= 11 is 5.84. The molecule has 0 spiro atoms. The number of carbonyl (C=O) groups excluding carboxylic acids is 3. The number of imide groups is 1. The van der Waals surface area contributed by atoms with Gasteiger partial charge in [0, 0.05) is 18.7 Å². The van der Waals surface area contributed by atoms with Gasteiger partial charge in [0.05, 0.1) is 21.7 Å². The van der Waals surface area contributed by atoms with E-state index < -0.39 is 11.8 Å². The molecule has 7 heteroatoms. The van der Waals surface area contributed by atoms with E-state index in [0.29, 0.717) is 21.8 Å². The second-order valence-electron chi connectivity index (χ2n) is 5.41. The third-order valence-corrected chi connectivity index (χ3v) is 4.14. The number of rotatable bonds is 4. The Morgan fingerprint density at radius 1 is 1.12 bits per heavy atom. The van der Waals surface area contributed by atoms with Crippen molar-refractivity contribution >= 4 is 35.0 Å². The Morgan fingerprint density at radius 3 is 2.36 bits per heavy atom. The Bertz CT molecular complexity index is 898. The number of hydrogen-bond donors (Lipinski definition) is 1. The summed E-state index contributed by atoms with van der Waals surface area (Å²) < 4.78 is 0. The Labute approximate surface area is 148 Å². The van der Waals surface area contributed by atoms with Gasteiger partial charge in [-0.1, -0.05) is 23.7 Å². The standard InChI is InChI=1S/C18H12ClN3O3/c19-15-6-5-12(9-11(15)10-20)21-16(23)7-8-22-17(24)13-3-1-2-4-14(13)18(22)25/h1-6,9H,7-8H2,(H,21,23). The van der Waals surface area contributed by atoms with Gasteiger partial charge in [-0.05, 0) is 30.3 Å². The van der Waals surface area contributed by atoms with E-state index in [1.165, 1.54) is 12.1 Å². The molecule has 0 atom stereocenters. The lowest BCUT2D eigenvalue weighted by molar-refractivity contribution is -0.116. The number of nitriles is 1. The number of fused-ring (bicyclic) bond motifs is 1. The highest BCUT2D eigenvalue weighted by molar-refractivity contribution is 6.31. The van der Waals surface area contributed by atoms with Crippen LogP contribution in [0.2, 0.25) is 5.02 Å². The molecule has 1 aliphatic rings. The SMILES string of the molecule is N#Cc1cc(NC(=O)CCN2C(=O)c3ccccc3C2=O)ccc1Cl. The lowest BCUT2D eigenvalue weighted by Crippen LogP contribution is -2.32. The van der Waals surface area contributed by atoms with Gasteiger partial charge in [-0.2, -0.15) is 5.26 Å². The monoisotopic (exact) mass is 353 g/mol. The van der Waals surface area contributed by atoms with Crippen molar-refractivity contribution in [2.45, 2.75) is 6.42 Å². The van der Waals surface area contributed by atoms with Crippen LogP contribution < -0.4 is 5.32 Å². The number of anilines is 1. The van der Waals surface area contributed by atoms with E-state index in [9.17, 15) is 14.4 Å². The first-order valence-corrected chi connectivity index (χ1v) is 7.84. The van der Waals surface area contributed by atoms with Crippen LogP contribution in [0.15, 0.2) is 42.5 Å². The fourth-order valence-corrected chi connectivity index (χ4v) is 2.73. The van der Waals surface area contributed by atoms with E-state index in [-0.39, 0.29) is 24.4 Å². The number of hydrogen-bond acceptors (Lipinski definition) is 4. The molecular weight excluding hydrogens is 342 g/mol. The lowest BCUT2D eigenvalue weighted by atomic mass is 10.1. The smallest absolute Gasteiger partial charge is 0.261 e. The molecule has 0 saturated carbocycles. The van der Waals surface area contributed by atoms with E-state index in [2.05, 4.69) is 5.32 Å². The van der Waals surface area contributed by atoms with Crippen LogP contribution in [0.3, 0.4) is 0 Å². The maximum absolute atomic E-state index is 12.2. The van der Waals surface area contributed by atoms with Gasteiger partial charge in [0.15, 0.2) is 0 Å². The van der Waals surface area contributed by atoms with Crippen molar-refractivity contribution in [3.05, 3.63) is 64.2 Å². The van der Waals surface area contributed by atoms with Crippen molar-refractivity contribution < 1.29 is 14.4 Å².